The molecule has 1 aliphatic heterocycles. The van der Waals surface area contributed by atoms with E-state index in [0.717, 1.165) is 29.8 Å². The number of para-hydroxylation sites is 2. The van der Waals surface area contributed by atoms with Crippen molar-refractivity contribution in [3.05, 3.63) is 30.1 Å². The van der Waals surface area contributed by atoms with E-state index >= 15 is 0 Å². The van der Waals surface area contributed by atoms with Crippen molar-refractivity contribution >= 4 is 23.0 Å². The van der Waals surface area contributed by atoms with Crippen LogP contribution in [0, 0.1) is 12.8 Å². The zero-order valence-corrected chi connectivity index (χ0v) is 14.4. The Morgan fingerprint density at radius 3 is 2.72 bits per heavy atom. The van der Waals surface area contributed by atoms with E-state index in [9.17, 15) is 9.59 Å². The smallest absolute Gasteiger partial charge is 0.317 e. The van der Waals surface area contributed by atoms with Gasteiger partial charge in [-0.25, -0.2) is 9.78 Å². The zero-order valence-electron chi connectivity index (χ0n) is 14.4. The first kappa shape index (κ1) is 17.3. The van der Waals surface area contributed by atoms with E-state index in [0.29, 0.717) is 32.5 Å². The van der Waals surface area contributed by atoms with Gasteiger partial charge in [-0.15, -0.1) is 0 Å². The molecule has 2 amide bonds. The first-order chi connectivity index (χ1) is 12.1. The number of amides is 2. The van der Waals surface area contributed by atoms with Crippen LogP contribution < -0.4 is 5.32 Å². The third-order valence-electron chi connectivity index (χ3n) is 4.81. The number of aromatic nitrogens is 2. The SMILES string of the molecule is Cc1nc2ccccc2n1CCCNC(=O)N1CCC(C(=O)O)CC1. The molecule has 3 rings (SSSR count). The Balaban J connectivity index is 1.45. The number of fused-ring (bicyclic) bond motifs is 1. The maximum Gasteiger partial charge on any atom is 0.317 e. The number of rotatable bonds is 5. The van der Waals surface area contributed by atoms with Crippen LogP contribution in [-0.4, -0.2) is 51.2 Å². The van der Waals surface area contributed by atoms with Crippen molar-refractivity contribution in [1.29, 1.82) is 0 Å². The van der Waals surface area contributed by atoms with Gasteiger partial charge in [0.1, 0.15) is 5.82 Å². The Bertz CT molecular complexity index is 763. The molecular formula is C18H24N4O3. The van der Waals surface area contributed by atoms with E-state index in [4.69, 9.17) is 5.11 Å². The molecule has 0 radical (unpaired) electrons. The van der Waals surface area contributed by atoms with E-state index in [1.165, 1.54) is 0 Å². The summed E-state index contributed by atoms with van der Waals surface area (Å²) in [6.07, 6.45) is 1.88. The number of carbonyl (C=O) groups is 2. The van der Waals surface area contributed by atoms with E-state index < -0.39 is 5.97 Å². The molecule has 2 N–H and O–H groups in total. The summed E-state index contributed by atoms with van der Waals surface area (Å²) in [6.45, 7) is 4.39. The maximum atomic E-state index is 12.2. The largest absolute Gasteiger partial charge is 0.481 e. The number of hydrogen-bond donors (Lipinski definition) is 2. The number of piperidine rings is 1. The lowest BCUT2D eigenvalue weighted by Crippen LogP contribution is -2.45. The van der Waals surface area contributed by atoms with Gasteiger partial charge in [-0.3, -0.25) is 4.79 Å². The molecule has 2 heterocycles. The van der Waals surface area contributed by atoms with E-state index in [2.05, 4.69) is 20.9 Å². The van der Waals surface area contributed by atoms with Gasteiger partial charge in [-0.05, 0) is 38.3 Å². The number of hydrogen-bond acceptors (Lipinski definition) is 3. The van der Waals surface area contributed by atoms with Crippen LogP contribution in [0.2, 0.25) is 0 Å². The standard InChI is InChI=1S/C18H24N4O3/c1-13-20-15-5-2-3-6-16(15)22(13)10-4-9-19-18(25)21-11-7-14(8-12-21)17(23)24/h2-3,5-6,14H,4,7-12H2,1H3,(H,19,25)(H,23,24). The van der Waals surface area contributed by atoms with Crippen molar-refractivity contribution in [3.63, 3.8) is 0 Å². The zero-order chi connectivity index (χ0) is 17.8. The summed E-state index contributed by atoms with van der Waals surface area (Å²) in [5.74, 6) is -0.104. The van der Waals surface area contributed by atoms with Crippen LogP contribution in [-0.2, 0) is 11.3 Å². The molecule has 0 aliphatic carbocycles. The minimum Gasteiger partial charge on any atom is -0.481 e. The average Bonchev–Trinajstić information content (AvgIpc) is 2.94. The van der Waals surface area contributed by atoms with Crippen molar-refractivity contribution < 1.29 is 14.7 Å². The highest BCUT2D eigenvalue weighted by atomic mass is 16.4. The fourth-order valence-corrected chi connectivity index (χ4v) is 3.35. The van der Waals surface area contributed by atoms with Gasteiger partial charge in [0.05, 0.1) is 17.0 Å². The number of nitrogens with one attached hydrogen (secondary N) is 1. The lowest BCUT2D eigenvalue weighted by Gasteiger charge is -2.30. The van der Waals surface area contributed by atoms with Gasteiger partial charge in [0.25, 0.3) is 0 Å². The molecule has 1 aromatic carbocycles. The number of benzene rings is 1. The molecule has 1 fully saturated rings. The van der Waals surface area contributed by atoms with Crippen LogP contribution in [0.1, 0.15) is 25.1 Å². The monoisotopic (exact) mass is 344 g/mol. The van der Waals surface area contributed by atoms with Crippen LogP contribution in [0.4, 0.5) is 4.79 Å². The molecule has 1 aliphatic rings. The van der Waals surface area contributed by atoms with Crippen LogP contribution in [0.25, 0.3) is 11.0 Å². The highest BCUT2D eigenvalue weighted by Gasteiger charge is 2.26. The number of aryl methyl sites for hydroxylation is 2. The van der Waals surface area contributed by atoms with Gasteiger partial charge in [0.15, 0.2) is 0 Å². The number of nitrogens with zero attached hydrogens (tertiary/aromatic N) is 3. The highest BCUT2D eigenvalue weighted by molar-refractivity contribution is 5.76. The number of aliphatic carboxylic acids is 1. The van der Waals surface area contributed by atoms with Gasteiger partial charge >= 0.3 is 12.0 Å². The first-order valence-corrected chi connectivity index (χ1v) is 8.73. The number of carbonyl (C=O) groups excluding carboxylic acids is 1. The van der Waals surface area contributed by atoms with Gasteiger partial charge < -0.3 is 19.9 Å². The Morgan fingerprint density at radius 1 is 1.28 bits per heavy atom. The molecule has 7 heteroatoms. The summed E-state index contributed by atoms with van der Waals surface area (Å²) in [5, 5.41) is 11.9. The molecule has 134 valence electrons. The van der Waals surface area contributed by atoms with Gasteiger partial charge in [-0.1, -0.05) is 12.1 Å². The number of urea groups is 1. The van der Waals surface area contributed by atoms with Gasteiger partial charge in [-0.2, -0.15) is 0 Å². The minimum absolute atomic E-state index is 0.101. The predicted molar refractivity (Wildman–Crippen MR) is 94.4 cm³/mol. The van der Waals surface area contributed by atoms with Crippen LogP contribution in [0.15, 0.2) is 24.3 Å². The molecule has 0 unspecified atom stereocenters. The summed E-state index contributed by atoms with van der Waals surface area (Å²) < 4.78 is 2.17. The molecule has 25 heavy (non-hydrogen) atoms. The van der Waals surface area contributed by atoms with Crippen LogP contribution >= 0.6 is 0 Å². The first-order valence-electron chi connectivity index (χ1n) is 8.73. The van der Waals surface area contributed by atoms with Crippen molar-refractivity contribution in [2.24, 2.45) is 5.92 Å². The predicted octanol–water partition coefficient (Wildman–Crippen LogP) is 2.24. The summed E-state index contributed by atoms with van der Waals surface area (Å²) >= 11 is 0. The molecule has 0 saturated carbocycles. The van der Waals surface area contributed by atoms with Crippen molar-refractivity contribution in [2.45, 2.75) is 32.7 Å². The van der Waals surface area contributed by atoms with Crippen LogP contribution in [0.3, 0.4) is 0 Å². The maximum absolute atomic E-state index is 12.2. The molecule has 0 atom stereocenters. The minimum atomic E-state index is -0.761. The third kappa shape index (κ3) is 3.92. The lowest BCUT2D eigenvalue weighted by molar-refractivity contribution is -0.143. The molecule has 7 nitrogen and oxygen atoms in total. The number of carboxylic acids is 1. The second kappa shape index (κ2) is 7.55. The lowest BCUT2D eigenvalue weighted by atomic mass is 9.97. The van der Waals surface area contributed by atoms with Crippen molar-refractivity contribution in [3.8, 4) is 0 Å². The number of carboxylic acid groups (broad SMARTS) is 1. The summed E-state index contributed by atoms with van der Waals surface area (Å²) in [6, 6.07) is 7.94. The van der Waals surface area contributed by atoms with Crippen molar-refractivity contribution in [2.75, 3.05) is 19.6 Å². The van der Waals surface area contributed by atoms with Gasteiger partial charge in [0.2, 0.25) is 0 Å². The quantitative estimate of drug-likeness (QED) is 0.814. The average molecular weight is 344 g/mol. The summed E-state index contributed by atoms with van der Waals surface area (Å²) in [4.78, 5) is 29.4. The normalized spacial score (nSPS) is 15.5. The number of likely N-dealkylation sites (tertiary alicyclic amines) is 1. The molecular weight excluding hydrogens is 320 g/mol. The van der Waals surface area contributed by atoms with E-state index in [1.54, 1.807) is 4.90 Å². The second-order valence-corrected chi connectivity index (χ2v) is 6.48. The van der Waals surface area contributed by atoms with Gasteiger partial charge in [0, 0.05) is 26.2 Å². The third-order valence-corrected chi connectivity index (χ3v) is 4.81. The fraction of sp³-hybridized carbons (Fsp3) is 0.500. The van der Waals surface area contributed by atoms with E-state index in [1.807, 2.05) is 25.1 Å². The Hall–Kier alpha value is -2.57. The Kier molecular flexibility index (Phi) is 5.21. The van der Waals surface area contributed by atoms with Crippen LogP contribution in [0.5, 0.6) is 0 Å². The molecule has 1 aromatic heterocycles. The summed E-state index contributed by atoms with van der Waals surface area (Å²) in [5.41, 5.74) is 2.10. The van der Waals surface area contributed by atoms with Crippen molar-refractivity contribution in [1.82, 2.24) is 19.8 Å². The van der Waals surface area contributed by atoms with E-state index in [-0.39, 0.29) is 11.9 Å². The molecule has 1 saturated heterocycles. The molecule has 0 spiro atoms. The highest BCUT2D eigenvalue weighted by Crippen LogP contribution is 2.17. The fourth-order valence-electron chi connectivity index (χ4n) is 3.35. The number of imidazole rings is 1. The molecule has 2 aromatic rings. The second-order valence-electron chi connectivity index (χ2n) is 6.48. The summed E-state index contributed by atoms with van der Waals surface area (Å²) in [7, 11) is 0. The molecule has 0 bridgehead atoms. The Labute approximate surface area is 146 Å². The Morgan fingerprint density at radius 2 is 2.00 bits per heavy atom. The topological polar surface area (TPSA) is 87.5 Å².